The highest BCUT2D eigenvalue weighted by atomic mass is 19.1. The van der Waals surface area contributed by atoms with Gasteiger partial charge in [0.05, 0.1) is 5.60 Å². The molecule has 1 heterocycles. The van der Waals surface area contributed by atoms with Gasteiger partial charge in [-0.15, -0.1) is 0 Å². The summed E-state index contributed by atoms with van der Waals surface area (Å²) in [7, 11) is 1.72. The number of anilines is 1. The zero-order chi connectivity index (χ0) is 14.2. The van der Waals surface area contributed by atoms with E-state index in [1.165, 1.54) is 6.07 Å². The predicted molar refractivity (Wildman–Crippen MR) is 75.7 cm³/mol. The average Bonchev–Trinajstić information content (AvgIpc) is 2.76. The molecular formula is C15H18FN3O. The molecule has 1 fully saturated rings. The summed E-state index contributed by atoms with van der Waals surface area (Å²) in [5.41, 5.74) is 7.74. The number of nitrogens with two attached hydrogens (primary N) is 1. The van der Waals surface area contributed by atoms with E-state index in [2.05, 4.69) is 10.2 Å². The van der Waals surface area contributed by atoms with Crippen LogP contribution in [0.5, 0.6) is 0 Å². The lowest BCUT2D eigenvalue weighted by atomic mass is 9.76. The van der Waals surface area contributed by atoms with Crippen LogP contribution in [0.15, 0.2) is 24.3 Å². The molecule has 2 aromatic rings. The Morgan fingerprint density at radius 3 is 2.75 bits per heavy atom. The van der Waals surface area contributed by atoms with Crippen molar-refractivity contribution in [3.05, 3.63) is 35.8 Å². The van der Waals surface area contributed by atoms with Gasteiger partial charge in [0.2, 0.25) is 0 Å². The Morgan fingerprint density at radius 2 is 2.15 bits per heavy atom. The molecule has 0 amide bonds. The van der Waals surface area contributed by atoms with Crippen LogP contribution in [-0.2, 0) is 11.2 Å². The van der Waals surface area contributed by atoms with Gasteiger partial charge in [-0.25, -0.2) is 4.39 Å². The molecule has 5 heteroatoms. The van der Waals surface area contributed by atoms with Gasteiger partial charge in [0.25, 0.3) is 0 Å². The maximum atomic E-state index is 14.0. The number of aromatic nitrogens is 2. The smallest absolute Gasteiger partial charge is 0.153 e. The first kappa shape index (κ1) is 13.1. The van der Waals surface area contributed by atoms with Gasteiger partial charge < -0.3 is 10.5 Å². The number of halogens is 1. The van der Waals surface area contributed by atoms with Crippen molar-refractivity contribution in [1.82, 2.24) is 10.2 Å². The fourth-order valence-electron chi connectivity index (χ4n) is 2.83. The van der Waals surface area contributed by atoms with E-state index in [-0.39, 0.29) is 11.4 Å². The van der Waals surface area contributed by atoms with E-state index in [0.29, 0.717) is 23.4 Å². The molecule has 0 atom stereocenters. The van der Waals surface area contributed by atoms with Crippen LogP contribution >= 0.6 is 0 Å². The first-order chi connectivity index (χ1) is 9.65. The van der Waals surface area contributed by atoms with E-state index in [1.54, 1.807) is 25.3 Å². The third kappa shape index (κ3) is 2.08. The molecule has 1 aromatic carbocycles. The van der Waals surface area contributed by atoms with Gasteiger partial charge in [0, 0.05) is 30.4 Å². The number of hydrogen-bond acceptors (Lipinski definition) is 3. The maximum Gasteiger partial charge on any atom is 0.153 e. The minimum Gasteiger partial charge on any atom is -0.382 e. The summed E-state index contributed by atoms with van der Waals surface area (Å²) in [6.07, 6.45) is 3.86. The molecule has 0 saturated heterocycles. The normalized spacial score (nSPS) is 16.9. The van der Waals surface area contributed by atoms with Crippen molar-refractivity contribution < 1.29 is 9.13 Å². The number of nitrogens with one attached hydrogen (secondary N) is 1. The summed E-state index contributed by atoms with van der Waals surface area (Å²) >= 11 is 0. The van der Waals surface area contributed by atoms with E-state index in [4.69, 9.17) is 10.5 Å². The van der Waals surface area contributed by atoms with Gasteiger partial charge in [-0.2, -0.15) is 5.10 Å². The summed E-state index contributed by atoms with van der Waals surface area (Å²) in [6, 6.07) is 6.61. The maximum absolute atomic E-state index is 14.0. The van der Waals surface area contributed by atoms with Crippen LogP contribution in [0.3, 0.4) is 0 Å². The molecule has 1 aromatic heterocycles. The summed E-state index contributed by atoms with van der Waals surface area (Å²) in [6.45, 7) is 0. The van der Waals surface area contributed by atoms with Crippen LogP contribution in [0.1, 0.15) is 25.0 Å². The van der Waals surface area contributed by atoms with E-state index in [0.717, 1.165) is 25.0 Å². The van der Waals surface area contributed by atoms with E-state index in [1.807, 2.05) is 0 Å². The average molecular weight is 275 g/mol. The highest BCUT2D eigenvalue weighted by Gasteiger charge is 2.38. The molecule has 4 nitrogen and oxygen atoms in total. The van der Waals surface area contributed by atoms with E-state index < -0.39 is 0 Å². The van der Waals surface area contributed by atoms with E-state index >= 15 is 0 Å². The largest absolute Gasteiger partial charge is 0.382 e. The number of aromatic amines is 1. The minimum atomic E-state index is -0.290. The number of hydrogen-bond donors (Lipinski definition) is 2. The van der Waals surface area contributed by atoms with Crippen LogP contribution in [0.25, 0.3) is 11.1 Å². The molecule has 0 radical (unpaired) electrons. The fourth-order valence-corrected chi connectivity index (χ4v) is 2.83. The van der Waals surface area contributed by atoms with Crippen LogP contribution < -0.4 is 5.73 Å². The molecule has 1 saturated carbocycles. The van der Waals surface area contributed by atoms with E-state index in [9.17, 15) is 4.39 Å². The molecule has 0 bridgehead atoms. The second kappa shape index (κ2) is 4.90. The van der Waals surface area contributed by atoms with Crippen molar-refractivity contribution in [2.24, 2.45) is 0 Å². The van der Waals surface area contributed by atoms with Crippen molar-refractivity contribution >= 4 is 5.82 Å². The molecule has 0 aliphatic heterocycles. The van der Waals surface area contributed by atoms with Gasteiger partial charge in [-0.05, 0) is 25.3 Å². The first-order valence-corrected chi connectivity index (χ1v) is 6.78. The lowest BCUT2D eigenvalue weighted by Gasteiger charge is -2.40. The lowest BCUT2D eigenvalue weighted by molar-refractivity contribution is -0.0713. The van der Waals surface area contributed by atoms with Crippen LogP contribution in [-0.4, -0.2) is 22.9 Å². The van der Waals surface area contributed by atoms with Crippen molar-refractivity contribution in [3.8, 4) is 11.1 Å². The highest BCUT2D eigenvalue weighted by Crippen LogP contribution is 2.40. The van der Waals surface area contributed by atoms with Crippen molar-refractivity contribution in [1.29, 1.82) is 0 Å². The second-order valence-corrected chi connectivity index (χ2v) is 5.36. The van der Waals surface area contributed by atoms with Crippen LogP contribution in [0.2, 0.25) is 0 Å². The Labute approximate surface area is 117 Å². The van der Waals surface area contributed by atoms with Gasteiger partial charge in [0.1, 0.15) is 5.82 Å². The van der Waals surface area contributed by atoms with Gasteiger partial charge in [0.15, 0.2) is 5.82 Å². The topological polar surface area (TPSA) is 63.9 Å². The number of methoxy groups -OCH3 is 1. The molecule has 0 unspecified atom stereocenters. The number of nitrogen functional groups attached to an aromatic ring is 1. The Hall–Kier alpha value is -1.88. The SMILES string of the molecule is COC1(Cc2[nH]nc(N)c2-c2ccccc2F)CCC1. The monoisotopic (exact) mass is 275 g/mol. The van der Waals surface area contributed by atoms with Crippen molar-refractivity contribution in [3.63, 3.8) is 0 Å². The Morgan fingerprint density at radius 1 is 1.40 bits per heavy atom. The zero-order valence-corrected chi connectivity index (χ0v) is 11.4. The highest BCUT2D eigenvalue weighted by molar-refractivity contribution is 5.76. The molecule has 1 aliphatic rings. The second-order valence-electron chi connectivity index (χ2n) is 5.36. The Kier molecular flexibility index (Phi) is 3.22. The Balaban J connectivity index is 2.00. The van der Waals surface area contributed by atoms with Gasteiger partial charge in [-0.1, -0.05) is 18.2 Å². The minimum absolute atomic E-state index is 0.154. The van der Waals surface area contributed by atoms with Crippen molar-refractivity contribution in [2.75, 3.05) is 12.8 Å². The number of ether oxygens (including phenoxy) is 1. The number of benzene rings is 1. The summed E-state index contributed by atoms with van der Waals surface area (Å²) in [5.74, 6) is 0.0394. The third-order valence-corrected chi connectivity index (χ3v) is 4.21. The molecule has 0 spiro atoms. The number of rotatable bonds is 4. The third-order valence-electron chi connectivity index (χ3n) is 4.21. The quantitative estimate of drug-likeness (QED) is 0.901. The zero-order valence-electron chi connectivity index (χ0n) is 11.4. The molecule has 3 N–H and O–H groups in total. The lowest BCUT2D eigenvalue weighted by Crippen LogP contribution is -2.41. The fraction of sp³-hybridized carbons (Fsp3) is 0.400. The van der Waals surface area contributed by atoms with Crippen LogP contribution in [0, 0.1) is 5.82 Å². The van der Waals surface area contributed by atoms with Crippen LogP contribution in [0.4, 0.5) is 10.2 Å². The Bertz CT molecular complexity index is 614. The summed E-state index contributed by atoms with van der Waals surface area (Å²) in [5, 5.41) is 6.98. The summed E-state index contributed by atoms with van der Waals surface area (Å²) in [4.78, 5) is 0. The molecule has 3 rings (SSSR count). The standard InChI is InChI=1S/C15H18FN3O/c1-20-15(7-4-8-15)9-12-13(14(17)19-18-12)10-5-2-3-6-11(10)16/h2-3,5-6H,4,7-9H2,1H3,(H3,17,18,19). The molecule has 106 valence electrons. The molecular weight excluding hydrogens is 257 g/mol. The predicted octanol–water partition coefficient (Wildman–Crippen LogP) is 2.91. The number of H-pyrrole nitrogens is 1. The number of nitrogens with zero attached hydrogens (tertiary/aromatic N) is 1. The molecule has 1 aliphatic carbocycles. The van der Waals surface area contributed by atoms with Gasteiger partial charge in [-0.3, -0.25) is 5.10 Å². The summed E-state index contributed by atoms with van der Waals surface area (Å²) < 4.78 is 19.6. The van der Waals surface area contributed by atoms with Crippen molar-refractivity contribution in [2.45, 2.75) is 31.3 Å². The van der Waals surface area contributed by atoms with Gasteiger partial charge >= 0.3 is 0 Å². The first-order valence-electron chi connectivity index (χ1n) is 6.78. The molecule has 20 heavy (non-hydrogen) atoms.